The first-order valence-electron chi connectivity index (χ1n) is 12.2. The lowest BCUT2D eigenvalue weighted by molar-refractivity contribution is -0.115. The number of aromatic nitrogens is 3. The highest BCUT2D eigenvalue weighted by Gasteiger charge is 2.15. The molecule has 0 bridgehead atoms. The van der Waals surface area contributed by atoms with Crippen molar-refractivity contribution in [3.8, 4) is 39.5 Å². The number of thiazole rings is 1. The number of hydrogen-bond acceptors (Lipinski definition) is 6. The molecule has 5 aromatic rings. The molecule has 0 aliphatic heterocycles. The number of H-pyrrole nitrogens is 1. The van der Waals surface area contributed by atoms with Crippen molar-refractivity contribution in [3.63, 3.8) is 0 Å². The summed E-state index contributed by atoms with van der Waals surface area (Å²) in [7, 11) is 1.64. The zero-order valence-electron chi connectivity index (χ0n) is 21.4. The number of imidazole rings is 1. The van der Waals surface area contributed by atoms with Gasteiger partial charge in [0.05, 0.1) is 24.2 Å². The molecule has 0 unspecified atom stereocenters. The van der Waals surface area contributed by atoms with Gasteiger partial charge in [0.25, 0.3) is 0 Å². The van der Waals surface area contributed by atoms with E-state index in [0.29, 0.717) is 17.3 Å². The quantitative estimate of drug-likeness (QED) is 0.188. The Labute approximate surface area is 230 Å². The number of nitrogens with zero attached hydrogens (tertiary/aromatic N) is 2. The third kappa shape index (κ3) is 6.15. The van der Waals surface area contributed by atoms with E-state index in [4.69, 9.17) is 9.72 Å². The van der Waals surface area contributed by atoms with Crippen LogP contribution in [0.15, 0.2) is 83.3 Å². The number of benzene rings is 3. The van der Waals surface area contributed by atoms with Crippen LogP contribution in [0.2, 0.25) is 0 Å². The van der Waals surface area contributed by atoms with Crippen LogP contribution < -0.4 is 10.1 Å². The molecule has 0 spiro atoms. The number of aromatic amines is 1. The highest BCUT2D eigenvalue weighted by atomic mass is 32.2. The molecule has 0 saturated heterocycles. The van der Waals surface area contributed by atoms with Crippen molar-refractivity contribution in [2.45, 2.75) is 25.4 Å². The Hall–Kier alpha value is -3.88. The van der Waals surface area contributed by atoms with Gasteiger partial charge in [0, 0.05) is 34.2 Å². The van der Waals surface area contributed by atoms with Crippen molar-refractivity contribution < 1.29 is 9.53 Å². The summed E-state index contributed by atoms with van der Waals surface area (Å²) in [5.41, 5.74) is 8.20. The summed E-state index contributed by atoms with van der Waals surface area (Å²) >= 11 is 2.95. The molecule has 6 nitrogen and oxygen atoms in total. The van der Waals surface area contributed by atoms with Crippen LogP contribution in [0.4, 0.5) is 5.13 Å². The largest absolute Gasteiger partial charge is 0.497 e. The van der Waals surface area contributed by atoms with Crippen molar-refractivity contribution in [3.05, 3.63) is 89.3 Å². The summed E-state index contributed by atoms with van der Waals surface area (Å²) in [4.78, 5) is 25.6. The highest BCUT2D eigenvalue weighted by Crippen LogP contribution is 2.33. The summed E-state index contributed by atoms with van der Waals surface area (Å²) in [6.07, 6.45) is 0.346. The number of hydrogen-bond donors (Lipinski definition) is 2. The van der Waals surface area contributed by atoms with Gasteiger partial charge in [0.15, 0.2) is 10.3 Å². The van der Waals surface area contributed by atoms with Gasteiger partial charge in [0.1, 0.15) is 5.75 Å². The summed E-state index contributed by atoms with van der Waals surface area (Å²) < 4.78 is 5.29. The van der Waals surface area contributed by atoms with Gasteiger partial charge in [-0.05, 0) is 26.0 Å². The summed E-state index contributed by atoms with van der Waals surface area (Å²) in [5.74, 6) is 1.29. The monoisotopic (exact) mass is 540 g/mol. The van der Waals surface area contributed by atoms with Gasteiger partial charge in [-0.15, -0.1) is 11.3 Å². The van der Waals surface area contributed by atoms with E-state index >= 15 is 0 Å². The Bertz CT molecular complexity index is 1480. The maximum absolute atomic E-state index is 12.6. The van der Waals surface area contributed by atoms with Gasteiger partial charge in [-0.3, -0.25) is 4.79 Å². The zero-order valence-corrected chi connectivity index (χ0v) is 23.1. The minimum Gasteiger partial charge on any atom is -0.497 e. The van der Waals surface area contributed by atoms with E-state index in [1.807, 2.05) is 29.6 Å². The first kappa shape index (κ1) is 25.8. The molecule has 0 saturated carbocycles. The third-order valence-electron chi connectivity index (χ3n) is 6.03. The zero-order chi connectivity index (χ0) is 26.5. The lowest BCUT2D eigenvalue weighted by Crippen LogP contribution is -2.12. The van der Waals surface area contributed by atoms with Crippen LogP contribution in [-0.4, -0.2) is 33.7 Å². The van der Waals surface area contributed by atoms with Gasteiger partial charge >= 0.3 is 0 Å². The standard InChI is InChI=1S/C30H28N4O2S2/c1-19-7-11-21(12-8-19)27-28(22-13-9-20(2)10-14-22)34-30(33-27)37-16-15-26(35)32-29-31-25(18-38-29)23-5-4-6-24(17-23)36-3/h4-14,17-18H,15-16H2,1-3H3,(H,33,34)(H,31,32,35). The molecular formula is C30H28N4O2S2. The molecule has 0 atom stereocenters. The molecular weight excluding hydrogens is 512 g/mol. The van der Waals surface area contributed by atoms with Crippen molar-refractivity contribution in [2.24, 2.45) is 0 Å². The molecule has 0 aliphatic carbocycles. The van der Waals surface area contributed by atoms with E-state index in [0.717, 1.165) is 44.7 Å². The van der Waals surface area contributed by atoms with E-state index in [2.05, 4.69) is 77.7 Å². The summed E-state index contributed by atoms with van der Waals surface area (Å²) in [6.45, 7) is 4.15. The normalized spacial score (nSPS) is 10.9. The predicted octanol–water partition coefficient (Wildman–Crippen LogP) is 7.61. The van der Waals surface area contributed by atoms with Crippen LogP contribution >= 0.6 is 23.1 Å². The number of amides is 1. The van der Waals surface area contributed by atoms with Gasteiger partial charge in [-0.25, -0.2) is 9.97 Å². The molecule has 38 heavy (non-hydrogen) atoms. The van der Waals surface area contributed by atoms with Crippen molar-refractivity contribution >= 4 is 34.1 Å². The summed E-state index contributed by atoms with van der Waals surface area (Å²) in [5, 5.41) is 6.22. The second kappa shape index (κ2) is 11.7. The number of rotatable bonds is 9. The average molecular weight is 541 g/mol. The van der Waals surface area contributed by atoms with Crippen molar-refractivity contribution in [1.82, 2.24) is 15.0 Å². The number of carbonyl (C=O) groups excluding carboxylic acids is 1. The van der Waals surface area contributed by atoms with E-state index in [9.17, 15) is 4.79 Å². The van der Waals surface area contributed by atoms with E-state index in [-0.39, 0.29) is 5.91 Å². The maximum atomic E-state index is 12.6. The van der Waals surface area contributed by atoms with Crippen LogP contribution in [0.1, 0.15) is 17.5 Å². The first-order valence-corrected chi connectivity index (χ1v) is 14.1. The highest BCUT2D eigenvalue weighted by molar-refractivity contribution is 7.99. The van der Waals surface area contributed by atoms with Crippen LogP contribution in [0.25, 0.3) is 33.8 Å². The van der Waals surface area contributed by atoms with Crippen LogP contribution in [-0.2, 0) is 4.79 Å². The number of thioether (sulfide) groups is 1. The lowest BCUT2D eigenvalue weighted by atomic mass is 10.0. The topological polar surface area (TPSA) is 79.9 Å². The number of ether oxygens (including phenoxy) is 1. The minimum atomic E-state index is -0.0758. The molecule has 2 aromatic heterocycles. The third-order valence-corrected chi connectivity index (χ3v) is 7.66. The number of aryl methyl sites for hydroxylation is 2. The summed E-state index contributed by atoms with van der Waals surface area (Å²) in [6, 6.07) is 24.5. The molecule has 0 fully saturated rings. The van der Waals surface area contributed by atoms with Crippen LogP contribution in [0, 0.1) is 13.8 Å². The number of carbonyl (C=O) groups is 1. The molecule has 2 heterocycles. The van der Waals surface area contributed by atoms with E-state index in [1.54, 1.807) is 7.11 Å². The molecule has 1 amide bonds. The number of nitrogens with one attached hydrogen (secondary N) is 2. The van der Waals surface area contributed by atoms with Crippen LogP contribution in [0.5, 0.6) is 5.75 Å². The Balaban J connectivity index is 1.24. The number of methoxy groups -OCH3 is 1. The fraction of sp³-hybridized carbons (Fsp3) is 0.167. The van der Waals surface area contributed by atoms with Crippen LogP contribution in [0.3, 0.4) is 0 Å². The fourth-order valence-electron chi connectivity index (χ4n) is 3.94. The Morgan fingerprint density at radius 3 is 2.37 bits per heavy atom. The molecule has 0 radical (unpaired) electrons. The second-order valence-electron chi connectivity index (χ2n) is 8.91. The molecule has 2 N–H and O–H groups in total. The maximum Gasteiger partial charge on any atom is 0.226 e. The van der Waals surface area contributed by atoms with E-state index in [1.165, 1.54) is 34.2 Å². The minimum absolute atomic E-state index is 0.0758. The average Bonchev–Trinajstić information content (AvgIpc) is 3.57. The Morgan fingerprint density at radius 1 is 0.947 bits per heavy atom. The molecule has 5 rings (SSSR count). The fourth-order valence-corrected chi connectivity index (χ4v) is 5.48. The second-order valence-corrected chi connectivity index (χ2v) is 10.9. The SMILES string of the molecule is COc1cccc(-c2csc(NC(=O)CCSc3nc(-c4ccc(C)cc4)c(-c4ccc(C)cc4)[nH]3)n2)c1. The van der Waals surface area contributed by atoms with Gasteiger partial charge < -0.3 is 15.0 Å². The predicted molar refractivity (Wildman–Crippen MR) is 157 cm³/mol. The van der Waals surface area contributed by atoms with Crippen molar-refractivity contribution in [1.29, 1.82) is 0 Å². The Kier molecular flexibility index (Phi) is 7.91. The smallest absolute Gasteiger partial charge is 0.226 e. The molecule has 8 heteroatoms. The van der Waals surface area contributed by atoms with Gasteiger partial charge in [0.2, 0.25) is 5.91 Å². The van der Waals surface area contributed by atoms with Crippen molar-refractivity contribution in [2.75, 3.05) is 18.2 Å². The lowest BCUT2D eigenvalue weighted by Gasteiger charge is -2.04. The van der Waals surface area contributed by atoms with Gasteiger partial charge in [-0.2, -0.15) is 0 Å². The number of anilines is 1. The Morgan fingerprint density at radius 2 is 1.66 bits per heavy atom. The van der Waals surface area contributed by atoms with Gasteiger partial charge in [-0.1, -0.05) is 83.6 Å². The van der Waals surface area contributed by atoms with E-state index < -0.39 is 0 Å². The molecule has 3 aromatic carbocycles. The first-order chi connectivity index (χ1) is 18.5. The molecule has 192 valence electrons. The molecule has 0 aliphatic rings.